The van der Waals surface area contributed by atoms with Crippen LogP contribution in [0.4, 0.5) is 0 Å². The third-order valence-electron chi connectivity index (χ3n) is 5.20. The van der Waals surface area contributed by atoms with Gasteiger partial charge in [-0.05, 0) is 81.6 Å². The molecule has 0 bridgehead atoms. The molecule has 2 atom stereocenters. The van der Waals surface area contributed by atoms with Crippen LogP contribution in [0.3, 0.4) is 0 Å². The fraction of sp³-hybridized carbons (Fsp3) is 0.765. The number of likely N-dealkylation sites (tertiary alicyclic amines) is 1. The second-order valence-electron chi connectivity index (χ2n) is 6.27. The molecular weight excluding hydrogens is 264 g/mol. The predicted octanol–water partition coefficient (Wildman–Crippen LogP) is 3.92. The van der Waals surface area contributed by atoms with Gasteiger partial charge in [0, 0.05) is 11.6 Å². The Bertz CT molecular complexity index is 370. The van der Waals surface area contributed by atoms with E-state index in [1.165, 1.54) is 57.2 Å². The first-order valence-electron chi connectivity index (χ1n) is 8.14. The number of likely N-dealkylation sites (N-methyl/N-ethyl adjacent to an activating group) is 1. The minimum atomic E-state index is 0.297. The van der Waals surface area contributed by atoms with Crippen molar-refractivity contribution in [2.75, 3.05) is 20.1 Å². The molecular formula is C17H30N2S. The summed E-state index contributed by atoms with van der Waals surface area (Å²) < 4.78 is 0. The highest BCUT2D eigenvalue weighted by Crippen LogP contribution is 2.29. The third kappa shape index (κ3) is 3.63. The number of rotatable bonds is 7. The van der Waals surface area contributed by atoms with Crippen LogP contribution in [0.2, 0.25) is 0 Å². The molecule has 2 unspecified atom stereocenters. The summed E-state index contributed by atoms with van der Waals surface area (Å²) in [7, 11) is 2.14. The number of aryl methyl sites for hydroxylation is 1. The van der Waals surface area contributed by atoms with E-state index in [1.807, 2.05) is 11.3 Å². The first kappa shape index (κ1) is 16.0. The lowest BCUT2D eigenvalue weighted by atomic mass is 9.83. The smallest absolute Gasteiger partial charge is 0.0331 e. The van der Waals surface area contributed by atoms with Crippen molar-refractivity contribution in [3.8, 4) is 0 Å². The SMILES string of the molecule is CCC(C)(C(CCc1ccsc1)NC)N1CCCCC1. The topological polar surface area (TPSA) is 15.3 Å². The van der Waals surface area contributed by atoms with Crippen LogP contribution >= 0.6 is 11.3 Å². The van der Waals surface area contributed by atoms with E-state index in [-0.39, 0.29) is 0 Å². The molecule has 20 heavy (non-hydrogen) atoms. The summed E-state index contributed by atoms with van der Waals surface area (Å²) in [5, 5.41) is 8.09. The monoisotopic (exact) mass is 294 g/mol. The normalized spacial score (nSPS) is 21.6. The van der Waals surface area contributed by atoms with Gasteiger partial charge in [0.05, 0.1) is 0 Å². The highest BCUT2D eigenvalue weighted by molar-refractivity contribution is 7.07. The number of hydrogen-bond donors (Lipinski definition) is 1. The van der Waals surface area contributed by atoms with Gasteiger partial charge in [-0.15, -0.1) is 0 Å². The minimum Gasteiger partial charge on any atom is -0.315 e. The maximum absolute atomic E-state index is 3.62. The van der Waals surface area contributed by atoms with Gasteiger partial charge in [-0.2, -0.15) is 11.3 Å². The maximum atomic E-state index is 3.62. The molecule has 0 amide bonds. The van der Waals surface area contributed by atoms with Gasteiger partial charge in [-0.3, -0.25) is 4.90 Å². The first-order chi connectivity index (χ1) is 9.70. The first-order valence-corrected chi connectivity index (χ1v) is 9.08. The van der Waals surface area contributed by atoms with Crippen molar-refractivity contribution in [3.05, 3.63) is 22.4 Å². The number of piperidine rings is 1. The average Bonchev–Trinajstić information content (AvgIpc) is 3.01. The summed E-state index contributed by atoms with van der Waals surface area (Å²) in [6, 6.07) is 2.84. The van der Waals surface area contributed by atoms with Crippen molar-refractivity contribution < 1.29 is 0 Å². The van der Waals surface area contributed by atoms with E-state index in [1.54, 1.807) is 0 Å². The van der Waals surface area contributed by atoms with Gasteiger partial charge >= 0.3 is 0 Å². The number of hydrogen-bond acceptors (Lipinski definition) is 3. The summed E-state index contributed by atoms with van der Waals surface area (Å²) in [6.45, 7) is 7.37. The summed E-state index contributed by atoms with van der Waals surface area (Å²) in [5.41, 5.74) is 1.79. The predicted molar refractivity (Wildman–Crippen MR) is 89.6 cm³/mol. The molecule has 1 saturated heterocycles. The van der Waals surface area contributed by atoms with Crippen molar-refractivity contribution in [1.82, 2.24) is 10.2 Å². The van der Waals surface area contributed by atoms with Gasteiger partial charge in [0.15, 0.2) is 0 Å². The Morgan fingerprint density at radius 2 is 2.10 bits per heavy atom. The van der Waals surface area contributed by atoms with Crippen LogP contribution in [0.1, 0.15) is 51.5 Å². The summed E-state index contributed by atoms with van der Waals surface area (Å²) in [6.07, 6.45) is 7.80. The second kappa shape index (κ2) is 7.58. The fourth-order valence-electron chi connectivity index (χ4n) is 3.61. The Hall–Kier alpha value is -0.380. The second-order valence-corrected chi connectivity index (χ2v) is 7.05. The number of thiophene rings is 1. The van der Waals surface area contributed by atoms with Crippen molar-refractivity contribution in [1.29, 1.82) is 0 Å². The van der Waals surface area contributed by atoms with E-state index >= 15 is 0 Å². The summed E-state index contributed by atoms with van der Waals surface area (Å²) in [4.78, 5) is 2.74. The molecule has 1 aromatic heterocycles. The van der Waals surface area contributed by atoms with Crippen molar-refractivity contribution in [2.24, 2.45) is 0 Å². The lowest BCUT2D eigenvalue weighted by Gasteiger charge is -2.48. The fourth-order valence-corrected chi connectivity index (χ4v) is 4.31. The molecule has 0 aliphatic carbocycles. The Morgan fingerprint density at radius 3 is 2.65 bits per heavy atom. The summed E-state index contributed by atoms with van der Waals surface area (Å²) in [5.74, 6) is 0. The van der Waals surface area contributed by atoms with E-state index in [0.717, 1.165) is 0 Å². The standard InChI is InChI=1S/C17H30N2S/c1-4-17(2,19-11-6-5-7-12-19)16(18-3)9-8-15-10-13-20-14-15/h10,13-14,16,18H,4-9,11-12H2,1-3H3. The van der Waals surface area contributed by atoms with Crippen molar-refractivity contribution in [3.63, 3.8) is 0 Å². The molecule has 114 valence electrons. The highest BCUT2D eigenvalue weighted by atomic mass is 32.1. The van der Waals surface area contributed by atoms with E-state index < -0.39 is 0 Å². The van der Waals surface area contributed by atoms with Gasteiger partial charge in [-0.25, -0.2) is 0 Å². The van der Waals surface area contributed by atoms with Crippen LogP contribution in [0, 0.1) is 0 Å². The van der Waals surface area contributed by atoms with E-state index in [4.69, 9.17) is 0 Å². The van der Waals surface area contributed by atoms with Gasteiger partial charge in [-0.1, -0.05) is 13.3 Å². The molecule has 2 rings (SSSR count). The van der Waals surface area contributed by atoms with Gasteiger partial charge in [0.25, 0.3) is 0 Å². The van der Waals surface area contributed by atoms with E-state index in [9.17, 15) is 0 Å². The Balaban J connectivity index is 2.01. The number of nitrogens with one attached hydrogen (secondary N) is 1. The zero-order valence-electron chi connectivity index (χ0n) is 13.3. The van der Waals surface area contributed by atoms with Gasteiger partial charge < -0.3 is 5.32 Å². The molecule has 0 spiro atoms. The van der Waals surface area contributed by atoms with E-state index in [0.29, 0.717) is 11.6 Å². The van der Waals surface area contributed by atoms with Crippen molar-refractivity contribution in [2.45, 2.75) is 64.0 Å². The largest absolute Gasteiger partial charge is 0.315 e. The Labute approximate surface area is 128 Å². The lowest BCUT2D eigenvalue weighted by molar-refractivity contribution is 0.0427. The Kier molecular flexibility index (Phi) is 6.06. The van der Waals surface area contributed by atoms with Crippen LogP contribution in [-0.2, 0) is 6.42 Å². The molecule has 1 fully saturated rings. The third-order valence-corrected chi connectivity index (χ3v) is 5.93. The molecule has 1 aromatic rings. The van der Waals surface area contributed by atoms with E-state index in [2.05, 4.69) is 47.9 Å². The minimum absolute atomic E-state index is 0.297. The highest BCUT2D eigenvalue weighted by Gasteiger charge is 2.37. The summed E-state index contributed by atoms with van der Waals surface area (Å²) >= 11 is 1.81. The molecule has 0 aromatic carbocycles. The molecule has 1 aliphatic rings. The van der Waals surface area contributed by atoms with Crippen LogP contribution in [0.25, 0.3) is 0 Å². The molecule has 3 heteroatoms. The van der Waals surface area contributed by atoms with Gasteiger partial charge in [0.2, 0.25) is 0 Å². The van der Waals surface area contributed by atoms with Crippen LogP contribution < -0.4 is 5.32 Å². The molecule has 2 heterocycles. The lowest BCUT2D eigenvalue weighted by Crippen LogP contribution is -2.60. The quantitative estimate of drug-likeness (QED) is 0.820. The van der Waals surface area contributed by atoms with Crippen LogP contribution in [-0.4, -0.2) is 36.6 Å². The molecule has 0 radical (unpaired) electrons. The molecule has 1 N–H and O–H groups in total. The molecule has 2 nitrogen and oxygen atoms in total. The molecule has 1 aliphatic heterocycles. The molecule has 0 saturated carbocycles. The van der Waals surface area contributed by atoms with Crippen LogP contribution in [0.15, 0.2) is 16.8 Å². The average molecular weight is 295 g/mol. The Morgan fingerprint density at radius 1 is 1.35 bits per heavy atom. The van der Waals surface area contributed by atoms with Gasteiger partial charge in [0.1, 0.15) is 0 Å². The van der Waals surface area contributed by atoms with Crippen LogP contribution in [0.5, 0.6) is 0 Å². The zero-order chi connectivity index (χ0) is 14.4. The zero-order valence-corrected chi connectivity index (χ0v) is 14.1. The van der Waals surface area contributed by atoms with Crippen molar-refractivity contribution >= 4 is 11.3 Å². The maximum Gasteiger partial charge on any atom is 0.0331 e. The number of nitrogens with zero attached hydrogens (tertiary/aromatic N) is 1.